The van der Waals surface area contributed by atoms with E-state index in [4.69, 9.17) is 4.74 Å². The van der Waals surface area contributed by atoms with E-state index >= 15 is 0 Å². The maximum absolute atomic E-state index is 14.3. The first kappa shape index (κ1) is 22.5. The molecule has 0 radical (unpaired) electrons. The highest BCUT2D eigenvalue weighted by Crippen LogP contribution is 2.46. The summed E-state index contributed by atoms with van der Waals surface area (Å²) in [5.74, 6) is -2.12. The molecule has 2 aromatic heterocycles. The zero-order chi connectivity index (χ0) is 24.2. The van der Waals surface area contributed by atoms with E-state index in [-0.39, 0.29) is 17.8 Å². The predicted molar refractivity (Wildman–Crippen MR) is 125 cm³/mol. The van der Waals surface area contributed by atoms with Gasteiger partial charge in [-0.1, -0.05) is 0 Å². The Morgan fingerprint density at radius 1 is 1.15 bits per heavy atom. The van der Waals surface area contributed by atoms with Crippen molar-refractivity contribution in [2.45, 2.75) is 51.0 Å². The second kappa shape index (κ2) is 8.20. The summed E-state index contributed by atoms with van der Waals surface area (Å²) in [6.45, 7) is 3.41. The van der Waals surface area contributed by atoms with Crippen LogP contribution in [-0.4, -0.2) is 33.0 Å². The van der Waals surface area contributed by atoms with Crippen molar-refractivity contribution in [3.8, 4) is 5.69 Å². The van der Waals surface area contributed by atoms with Crippen LogP contribution >= 0.6 is 0 Å². The summed E-state index contributed by atoms with van der Waals surface area (Å²) in [5.41, 5.74) is 2.38. The molecule has 0 unspecified atom stereocenters. The molecule has 0 saturated heterocycles. The van der Waals surface area contributed by atoms with Gasteiger partial charge in [0.05, 0.1) is 41.6 Å². The molecule has 0 atom stereocenters. The Balaban J connectivity index is 1.77. The lowest BCUT2D eigenvalue weighted by molar-refractivity contribution is -0.146. The molecule has 1 saturated carbocycles. The molecule has 178 valence electrons. The third-order valence-electron chi connectivity index (χ3n) is 6.98. The van der Waals surface area contributed by atoms with Crippen molar-refractivity contribution >= 4 is 27.8 Å². The smallest absolute Gasteiger partial charge is 0.308 e. The third-order valence-corrected chi connectivity index (χ3v) is 6.98. The number of methoxy groups -OCH3 is 1. The van der Waals surface area contributed by atoms with E-state index in [1.807, 2.05) is 16.7 Å². The number of aromatic nitrogens is 3. The number of aliphatic hydroxyl groups is 1. The van der Waals surface area contributed by atoms with Crippen molar-refractivity contribution in [3.63, 3.8) is 0 Å². The van der Waals surface area contributed by atoms with Gasteiger partial charge in [0, 0.05) is 22.5 Å². The van der Waals surface area contributed by atoms with E-state index in [9.17, 15) is 18.7 Å². The molecule has 1 fully saturated rings. The number of carbonyl (C=O) groups excluding carboxylic acids is 1. The summed E-state index contributed by atoms with van der Waals surface area (Å²) in [7, 11) is 1.41. The van der Waals surface area contributed by atoms with Crippen LogP contribution in [-0.2, 0) is 15.1 Å². The number of halogens is 2. The Kier molecular flexibility index (Phi) is 5.43. The van der Waals surface area contributed by atoms with Crippen molar-refractivity contribution in [3.05, 3.63) is 59.4 Å². The maximum atomic E-state index is 14.3. The van der Waals surface area contributed by atoms with Crippen LogP contribution in [0, 0.1) is 17.6 Å². The number of hydrogen-bond donors (Lipinski definition) is 2. The molecule has 0 aliphatic heterocycles. The standard InChI is InChI=1S/C26H27F2N3O3/c1-26(2,33)24-23(14-4-6-15(7-5-14)25(32)34-3)18-12-21-16(13-29-30-21)10-22(18)31(24)17-8-9-19(27)20(28)11-17/h8-15,33H,4-7H2,1-3H3,(H,29,30)/t14-,15-. The molecule has 2 heterocycles. The third kappa shape index (κ3) is 3.66. The van der Waals surface area contributed by atoms with Gasteiger partial charge < -0.3 is 14.4 Å². The number of carbonyl (C=O) groups is 1. The normalized spacial score (nSPS) is 19.1. The summed E-state index contributed by atoms with van der Waals surface area (Å²) in [5, 5.41) is 20.3. The molecule has 0 amide bonds. The number of nitrogens with one attached hydrogen (secondary N) is 1. The Morgan fingerprint density at radius 2 is 1.88 bits per heavy atom. The van der Waals surface area contributed by atoms with Crippen LogP contribution in [0.4, 0.5) is 8.78 Å². The molecule has 34 heavy (non-hydrogen) atoms. The molecule has 0 spiro atoms. The lowest BCUT2D eigenvalue weighted by Crippen LogP contribution is -2.26. The molecular formula is C26H27F2N3O3. The molecule has 2 N–H and O–H groups in total. The van der Waals surface area contributed by atoms with Gasteiger partial charge in [0.2, 0.25) is 0 Å². The van der Waals surface area contributed by atoms with Gasteiger partial charge in [0.1, 0.15) is 0 Å². The average Bonchev–Trinajstić information content (AvgIpc) is 3.40. The fraction of sp³-hybridized carbons (Fsp3) is 0.385. The highest BCUT2D eigenvalue weighted by molar-refractivity contribution is 5.99. The molecule has 1 aliphatic rings. The largest absolute Gasteiger partial charge is 0.469 e. The van der Waals surface area contributed by atoms with Gasteiger partial charge in [0.15, 0.2) is 11.6 Å². The van der Waals surface area contributed by atoms with Gasteiger partial charge in [-0.15, -0.1) is 0 Å². The zero-order valence-electron chi connectivity index (χ0n) is 19.4. The van der Waals surface area contributed by atoms with Crippen molar-refractivity contribution in [2.75, 3.05) is 7.11 Å². The Bertz CT molecular complexity index is 1390. The number of H-pyrrole nitrogens is 1. The number of fused-ring (bicyclic) bond motifs is 2. The van der Waals surface area contributed by atoms with Crippen LogP contribution in [0.5, 0.6) is 0 Å². The molecular weight excluding hydrogens is 440 g/mol. The van der Waals surface area contributed by atoms with E-state index in [0.717, 1.165) is 52.3 Å². The quantitative estimate of drug-likeness (QED) is 0.391. The summed E-state index contributed by atoms with van der Waals surface area (Å²) >= 11 is 0. The summed E-state index contributed by atoms with van der Waals surface area (Å²) in [6.07, 6.45) is 4.59. The number of ether oxygens (including phenoxy) is 1. The monoisotopic (exact) mass is 467 g/mol. The number of aromatic amines is 1. The Hall–Kier alpha value is -3.26. The lowest BCUT2D eigenvalue weighted by atomic mass is 9.76. The number of benzene rings is 2. The maximum Gasteiger partial charge on any atom is 0.308 e. The topological polar surface area (TPSA) is 80.1 Å². The summed E-state index contributed by atoms with van der Waals surface area (Å²) in [6, 6.07) is 7.73. The molecule has 6 nitrogen and oxygen atoms in total. The first-order chi connectivity index (χ1) is 16.2. The minimum atomic E-state index is -1.27. The van der Waals surface area contributed by atoms with Crippen LogP contribution in [0.2, 0.25) is 0 Å². The number of nitrogens with zero attached hydrogens (tertiary/aromatic N) is 2. The highest BCUT2D eigenvalue weighted by Gasteiger charge is 2.36. The van der Waals surface area contributed by atoms with Crippen molar-refractivity contribution < 1.29 is 23.4 Å². The van der Waals surface area contributed by atoms with Gasteiger partial charge in [-0.3, -0.25) is 9.89 Å². The Morgan fingerprint density at radius 3 is 2.53 bits per heavy atom. The molecule has 1 aliphatic carbocycles. The van der Waals surface area contributed by atoms with Gasteiger partial charge >= 0.3 is 5.97 Å². The minimum Gasteiger partial charge on any atom is -0.469 e. The van der Waals surface area contributed by atoms with E-state index in [1.54, 1.807) is 20.0 Å². The van der Waals surface area contributed by atoms with Crippen LogP contribution < -0.4 is 0 Å². The first-order valence-corrected chi connectivity index (χ1v) is 11.5. The number of esters is 1. The number of rotatable bonds is 4. The van der Waals surface area contributed by atoms with Crippen LogP contribution in [0.25, 0.3) is 27.5 Å². The predicted octanol–water partition coefficient (Wildman–Crippen LogP) is 5.46. The van der Waals surface area contributed by atoms with E-state index in [0.29, 0.717) is 24.2 Å². The van der Waals surface area contributed by atoms with Gasteiger partial charge in [-0.2, -0.15) is 5.10 Å². The molecule has 2 aromatic carbocycles. The van der Waals surface area contributed by atoms with Crippen LogP contribution in [0.1, 0.15) is 56.7 Å². The highest BCUT2D eigenvalue weighted by atomic mass is 19.2. The van der Waals surface area contributed by atoms with Crippen molar-refractivity contribution in [1.82, 2.24) is 14.8 Å². The van der Waals surface area contributed by atoms with Crippen molar-refractivity contribution in [2.24, 2.45) is 5.92 Å². The Labute approximate surface area is 195 Å². The zero-order valence-corrected chi connectivity index (χ0v) is 19.4. The van der Waals surface area contributed by atoms with Crippen molar-refractivity contribution in [1.29, 1.82) is 0 Å². The second-order valence-electron chi connectivity index (χ2n) is 9.65. The van der Waals surface area contributed by atoms with E-state index in [1.165, 1.54) is 13.2 Å². The second-order valence-corrected chi connectivity index (χ2v) is 9.65. The number of hydrogen-bond acceptors (Lipinski definition) is 4. The van der Waals surface area contributed by atoms with Gasteiger partial charge in [0.25, 0.3) is 0 Å². The van der Waals surface area contributed by atoms with Crippen LogP contribution in [0.3, 0.4) is 0 Å². The fourth-order valence-electron chi connectivity index (χ4n) is 5.44. The van der Waals surface area contributed by atoms with E-state index in [2.05, 4.69) is 10.2 Å². The fourth-order valence-corrected chi connectivity index (χ4v) is 5.44. The average molecular weight is 468 g/mol. The SMILES string of the molecule is COC(=O)[C@H]1CC[C@H](c2c(C(C)(C)O)n(-c3ccc(F)c(F)c3)c3cc4cn[nH]c4cc32)CC1. The molecule has 5 rings (SSSR count). The molecule has 8 heteroatoms. The minimum absolute atomic E-state index is 0.0803. The molecule has 4 aromatic rings. The first-order valence-electron chi connectivity index (χ1n) is 11.5. The summed E-state index contributed by atoms with van der Waals surface area (Å²) in [4.78, 5) is 12.1. The lowest BCUT2D eigenvalue weighted by Gasteiger charge is -2.30. The van der Waals surface area contributed by atoms with Gasteiger partial charge in [-0.05, 0) is 75.3 Å². The van der Waals surface area contributed by atoms with Crippen LogP contribution in [0.15, 0.2) is 36.5 Å². The van der Waals surface area contributed by atoms with Gasteiger partial charge in [-0.25, -0.2) is 8.78 Å². The van der Waals surface area contributed by atoms with E-state index < -0.39 is 17.2 Å². The summed E-state index contributed by atoms with van der Waals surface area (Å²) < 4.78 is 34.8. The molecule has 0 bridgehead atoms.